The van der Waals surface area contributed by atoms with Crippen molar-refractivity contribution in [3.63, 3.8) is 0 Å². The molecule has 0 fully saturated rings. The Bertz CT molecular complexity index is 883. The molecular formula is C19H14F6N2O. The molecule has 2 aromatic carbocycles. The van der Waals surface area contributed by atoms with E-state index in [-0.39, 0.29) is 11.6 Å². The lowest BCUT2D eigenvalue weighted by atomic mass is 10.1. The van der Waals surface area contributed by atoms with E-state index in [0.29, 0.717) is 24.4 Å². The van der Waals surface area contributed by atoms with E-state index in [1.54, 1.807) is 47.4 Å². The van der Waals surface area contributed by atoms with Crippen molar-refractivity contribution in [2.45, 2.75) is 25.5 Å². The Labute approximate surface area is 156 Å². The number of ether oxygens (including phenoxy) is 1. The van der Waals surface area contributed by atoms with Gasteiger partial charge in [-0.2, -0.15) is 31.4 Å². The van der Waals surface area contributed by atoms with Crippen molar-refractivity contribution >= 4 is 0 Å². The summed E-state index contributed by atoms with van der Waals surface area (Å²) in [5, 5.41) is 4.07. The van der Waals surface area contributed by atoms with Crippen LogP contribution in [0.4, 0.5) is 26.3 Å². The topological polar surface area (TPSA) is 27.1 Å². The molecule has 3 aromatic rings. The van der Waals surface area contributed by atoms with Gasteiger partial charge in [-0.25, -0.2) is 0 Å². The fourth-order valence-electron chi connectivity index (χ4n) is 2.54. The van der Waals surface area contributed by atoms with E-state index < -0.39 is 30.1 Å². The smallest absolute Gasteiger partial charge is 0.416 e. The summed E-state index contributed by atoms with van der Waals surface area (Å²) in [5.74, 6) is 0.329. The summed E-state index contributed by atoms with van der Waals surface area (Å²) in [6, 6.07) is 9.85. The minimum Gasteiger partial charge on any atom is -0.489 e. The molecule has 0 bridgehead atoms. The van der Waals surface area contributed by atoms with Crippen LogP contribution in [0.15, 0.2) is 60.9 Å². The van der Waals surface area contributed by atoms with E-state index in [0.717, 1.165) is 5.56 Å². The Morgan fingerprint density at radius 2 is 1.43 bits per heavy atom. The lowest BCUT2D eigenvalue weighted by Crippen LogP contribution is -2.12. The molecule has 0 spiro atoms. The number of rotatable bonds is 5. The summed E-state index contributed by atoms with van der Waals surface area (Å²) in [6.45, 7) is 0.0986. The maximum Gasteiger partial charge on any atom is 0.416 e. The molecule has 0 unspecified atom stereocenters. The Morgan fingerprint density at radius 3 is 1.93 bits per heavy atom. The second-order valence-corrected chi connectivity index (χ2v) is 6.05. The second kappa shape index (κ2) is 7.57. The minimum atomic E-state index is -4.88. The molecule has 28 heavy (non-hydrogen) atoms. The van der Waals surface area contributed by atoms with Crippen molar-refractivity contribution in [3.8, 4) is 5.75 Å². The zero-order valence-corrected chi connectivity index (χ0v) is 14.3. The van der Waals surface area contributed by atoms with Gasteiger partial charge in [-0.1, -0.05) is 12.1 Å². The molecule has 3 rings (SSSR count). The fourth-order valence-corrected chi connectivity index (χ4v) is 2.54. The van der Waals surface area contributed by atoms with Crippen molar-refractivity contribution in [1.82, 2.24) is 9.78 Å². The van der Waals surface area contributed by atoms with Gasteiger partial charge < -0.3 is 4.74 Å². The Balaban J connectivity index is 1.73. The second-order valence-electron chi connectivity index (χ2n) is 6.05. The summed E-state index contributed by atoms with van der Waals surface area (Å²) >= 11 is 0. The van der Waals surface area contributed by atoms with Crippen molar-refractivity contribution in [3.05, 3.63) is 83.2 Å². The van der Waals surface area contributed by atoms with Gasteiger partial charge >= 0.3 is 12.4 Å². The molecule has 0 saturated heterocycles. The summed E-state index contributed by atoms with van der Waals surface area (Å²) in [4.78, 5) is 0. The lowest BCUT2D eigenvalue weighted by Gasteiger charge is -2.15. The normalized spacial score (nSPS) is 12.2. The molecule has 1 heterocycles. The lowest BCUT2D eigenvalue weighted by molar-refractivity contribution is -0.143. The average Bonchev–Trinajstić information content (AvgIpc) is 3.12. The van der Waals surface area contributed by atoms with E-state index in [4.69, 9.17) is 4.74 Å². The highest BCUT2D eigenvalue weighted by atomic mass is 19.4. The molecule has 0 saturated carbocycles. The average molecular weight is 400 g/mol. The first-order valence-corrected chi connectivity index (χ1v) is 8.09. The molecule has 0 amide bonds. The van der Waals surface area contributed by atoms with Gasteiger partial charge in [0.25, 0.3) is 0 Å². The molecular weight excluding hydrogens is 386 g/mol. The van der Waals surface area contributed by atoms with E-state index in [1.165, 1.54) is 0 Å². The third kappa shape index (κ3) is 5.05. The number of halogens is 6. The third-order valence-corrected chi connectivity index (χ3v) is 3.88. The van der Waals surface area contributed by atoms with Gasteiger partial charge in [0.05, 0.1) is 17.7 Å². The first-order chi connectivity index (χ1) is 13.1. The zero-order chi connectivity index (χ0) is 20.4. The van der Waals surface area contributed by atoms with Crippen LogP contribution in [0.2, 0.25) is 0 Å². The standard InChI is InChI=1S/C19H14F6N2O/c20-18(21,22)15-8-14(9-16(10-15)19(23,24)25)12-28-17-4-2-13(3-5-17)11-27-7-1-6-26-27/h1-10H,11-12H2. The molecule has 0 atom stereocenters. The zero-order valence-electron chi connectivity index (χ0n) is 14.3. The summed E-state index contributed by atoms with van der Waals surface area (Å²) in [5.41, 5.74) is -2.04. The third-order valence-electron chi connectivity index (χ3n) is 3.88. The predicted octanol–water partition coefficient (Wildman–Crippen LogP) is 5.55. The van der Waals surface area contributed by atoms with Crippen LogP contribution in [0, 0.1) is 0 Å². The maximum absolute atomic E-state index is 12.9. The maximum atomic E-state index is 12.9. The van der Waals surface area contributed by atoms with Gasteiger partial charge in [0.2, 0.25) is 0 Å². The Kier molecular flexibility index (Phi) is 5.35. The molecule has 1 aromatic heterocycles. The van der Waals surface area contributed by atoms with Crippen LogP contribution < -0.4 is 4.74 Å². The number of alkyl halides is 6. The number of nitrogens with zero attached hydrogens (tertiary/aromatic N) is 2. The number of benzene rings is 2. The molecule has 0 aliphatic carbocycles. The number of hydrogen-bond donors (Lipinski definition) is 0. The predicted molar refractivity (Wildman–Crippen MR) is 88.5 cm³/mol. The summed E-state index contributed by atoms with van der Waals surface area (Å²) < 4.78 is 84.4. The van der Waals surface area contributed by atoms with Crippen LogP contribution >= 0.6 is 0 Å². The van der Waals surface area contributed by atoms with Crippen molar-refractivity contribution in [2.75, 3.05) is 0 Å². The molecule has 3 nitrogen and oxygen atoms in total. The van der Waals surface area contributed by atoms with Crippen molar-refractivity contribution in [2.24, 2.45) is 0 Å². The van der Waals surface area contributed by atoms with Crippen LogP contribution in [-0.2, 0) is 25.5 Å². The summed E-state index contributed by atoms with van der Waals surface area (Å²) in [6.07, 6.45) is -6.34. The van der Waals surface area contributed by atoms with Gasteiger partial charge in [-0.15, -0.1) is 0 Å². The van der Waals surface area contributed by atoms with Gasteiger partial charge in [0, 0.05) is 12.4 Å². The fraction of sp³-hybridized carbons (Fsp3) is 0.211. The minimum absolute atomic E-state index is 0.0909. The Hall–Kier alpha value is -2.97. The van der Waals surface area contributed by atoms with E-state index in [2.05, 4.69) is 5.10 Å². The first-order valence-electron chi connectivity index (χ1n) is 8.09. The quantitative estimate of drug-likeness (QED) is 0.525. The van der Waals surface area contributed by atoms with Crippen LogP contribution in [0.1, 0.15) is 22.3 Å². The van der Waals surface area contributed by atoms with E-state index in [9.17, 15) is 26.3 Å². The Morgan fingerprint density at radius 1 is 0.821 bits per heavy atom. The first kappa shape index (κ1) is 19.8. The molecule has 0 radical (unpaired) electrons. The van der Waals surface area contributed by atoms with Gasteiger partial charge in [-0.05, 0) is 47.5 Å². The van der Waals surface area contributed by atoms with Crippen LogP contribution in [0.25, 0.3) is 0 Å². The SMILES string of the molecule is FC(F)(F)c1cc(COc2ccc(Cn3cccn3)cc2)cc(C(F)(F)F)c1. The highest BCUT2D eigenvalue weighted by Gasteiger charge is 2.36. The van der Waals surface area contributed by atoms with Gasteiger partial charge in [0.15, 0.2) is 0 Å². The molecule has 0 aliphatic rings. The highest BCUT2D eigenvalue weighted by molar-refractivity contribution is 5.34. The number of aromatic nitrogens is 2. The highest BCUT2D eigenvalue weighted by Crippen LogP contribution is 2.36. The molecule has 9 heteroatoms. The van der Waals surface area contributed by atoms with Crippen LogP contribution in [-0.4, -0.2) is 9.78 Å². The van der Waals surface area contributed by atoms with Crippen LogP contribution in [0.3, 0.4) is 0 Å². The summed E-state index contributed by atoms with van der Waals surface area (Å²) in [7, 11) is 0. The van der Waals surface area contributed by atoms with Crippen LogP contribution in [0.5, 0.6) is 5.75 Å². The van der Waals surface area contributed by atoms with E-state index >= 15 is 0 Å². The van der Waals surface area contributed by atoms with Gasteiger partial charge in [-0.3, -0.25) is 4.68 Å². The monoisotopic (exact) mass is 400 g/mol. The molecule has 0 N–H and O–H groups in total. The van der Waals surface area contributed by atoms with Gasteiger partial charge in [0.1, 0.15) is 12.4 Å². The molecule has 148 valence electrons. The largest absolute Gasteiger partial charge is 0.489 e. The van der Waals surface area contributed by atoms with Crippen molar-refractivity contribution < 1.29 is 31.1 Å². The number of hydrogen-bond acceptors (Lipinski definition) is 2. The molecule has 0 aliphatic heterocycles. The van der Waals surface area contributed by atoms with Crippen molar-refractivity contribution in [1.29, 1.82) is 0 Å². The van der Waals surface area contributed by atoms with E-state index in [1.807, 2.05) is 0 Å².